The maximum Gasteiger partial charge on any atom is 0.251 e. The van der Waals surface area contributed by atoms with Crippen LogP contribution < -0.4 is 10.2 Å². The normalized spacial score (nSPS) is 16.5. The third-order valence-corrected chi connectivity index (χ3v) is 7.42. The van der Waals surface area contributed by atoms with Crippen molar-refractivity contribution in [1.29, 1.82) is 0 Å². The van der Waals surface area contributed by atoms with Gasteiger partial charge < -0.3 is 19.7 Å². The SMILES string of the molecule is O=C(NCCN1CCOCC1)c1ccc(CSc2nc(-c3ccccc3)cc(N3CCOCC3)n2)cc1. The molecule has 0 saturated carbocycles. The first kappa shape index (κ1) is 25.7. The lowest BCUT2D eigenvalue weighted by molar-refractivity contribution is 0.0383. The van der Waals surface area contributed by atoms with Crippen molar-refractivity contribution >= 4 is 23.5 Å². The molecule has 0 bridgehead atoms. The van der Waals surface area contributed by atoms with E-state index in [1.807, 2.05) is 42.5 Å². The number of anilines is 1. The third-order valence-electron chi connectivity index (χ3n) is 6.50. The molecule has 0 spiro atoms. The van der Waals surface area contributed by atoms with Crippen LogP contribution in [0.1, 0.15) is 15.9 Å². The molecule has 1 N–H and O–H groups in total. The van der Waals surface area contributed by atoms with Gasteiger partial charge in [-0.2, -0.15) is 0 Å². The lowest BCUT2D eigenvalue weighted by Crippen LogP contribution is -2.41. The van der Waals surface area contributed by atoms with Crippen LogP contribution in [0.25, 0.3) is 11.3 Å². The fourth-order valence-electron chi connectivity index (χ4n) is 4.34. The summed E-state index contributed by atoms with van der Waals surface area (Å²) in [5.74, 6) is 1.62. The fraction of sp³-hybridized carbons (Fsp3) is 0.393. The quantitative estimate of drug-likeness (QED) is 0.341. The van der Waals surface area contributed by atoms with Gasteiger partial charge in [-0.1, -0.05) is 54.2 Å². The van der Waals surface area contributed by atoms with Gasteiger partial charge in [0.05, 0.1) is 32.1 Å². The lowest BCUT2D eigenvalue weighted by atomic mass is 10.1. The first-order chi connectivity index (χ1) is 18.2. The summed E-state index contributed by atoms with van der Waals surface area (Å²) in [6.07, 6.45) is 0. The van der Waals surface area contributed by atoms with Crippen LogP contribution in [0, 0.1) is 0 Å². The van der Waals surface area contributed by atoms with Gasteiger partial charge in [0, 0.05) is 62.2 Å². The number of carbonyl (C=O) groups is 1. The van der Waals surface area contributed by atoms with E-state index in [2.05, 4.69) is 33.3 Å². The first-order valence-corrected chi connectivity index (χ1v) is 13.8. The Kier molecular flexibility index (Phi) is 9.02. The summed E-state index contributed by atoms with van der Waals surface area (Å²) in [6.45, 7) is 7.93. The van der Waals surface area contributed by atoms with E-state index in [0.29, 0.717) is 25.3 Å². The molecule has 8 nitrogen and oxygen atoms in total. The second-order valence-corrected chi connectivity index (χ2v) is 10.00. The summed E-state index contributed by atoms with van der Waals surface area (Å²) >= 11 is 1.61. The molecule has 2 aliphatic heterocycles. The van der Waals surface area contributed by atoms with Crippen molar-refractivity contribution in [3.05, 3.63) is 71.8 Å². The van der Waals surface area contributed by atoms with Gasteiger partial charge in [0.1, 0.15) is 5.82 Å². The van der Waals surface area contributed by atoms with Gasteiger partial charge in [-0.05, 0) is 17.7 Å². The first-order valence-electron chi connectivity index (χ1n) is 12.8. The fourth-order valence-corrected chi connectivity index (χ4v) is 5.15. The number of hydrogen-bond acceptors (Lipinski definition) is 8. The van der Waals surface area contributed by atoms with Crippen LogP contribution in [0.3, 0.4) is 0 Å². The number of amides is 1. The number of ether oxygens (including phenoxy) is 2. The Bertz CT molecular complexity index is 1150. The standard InChI is InChI=1S/C28H33N5O3S/c34-27(29-10-11-32-12-16-35-17-13-32)24-8-6-22(7-9-24)21-37-28-30-25(23-4-2-1-3-5-23)20-26(31-28)33-14-18-36-19-15-33/h1-9,20H,10-19,21H2,(H,29,34). The van der Waals surface area contributed by atoms with Crippen LogP contribution in [0.5, 0.6) is 0 Å². The van der Waals surface area contributed by atoms with E-state index in [9.17, 15) is 4.79 Å². The Labute approximate surface area is 222 Å². The Balaban J connectivity index is 1.20. The second-order valence-electron chi connectivity index (χ2n) is 9.05. The van der Waals surface area contributed by atoms with Crippen LogP contribution in [-0.4, -0.2) is 86.5 Å². The highest BCUT2D eigenvalue weighted by Gasteiger charge is 2.16. The zero-order valence-corrected chi connectivity index (χ0v) is 21.8. The molecular weight excluding hydrogens is 486 g/mol. The third kappa shape index (κ3) is 7.29. The Morgan fingerprint density at radius 3 is 2.32 bits per heavy atom. The van der Waals surface area contributed by atoms with Crippen molar-refractivity contribution in [2.45, 2.75) is 10.9 Å². The lowest BCUT2D eigenvalue weighted by Gasteiger charge is -2.28. The summed E-state index contributed by atoms with van der Waals surface area (Å²) in [4.78, 5) is 26.8. The predicted molar refractivity (Wildman–Crippen MR) is 146 cm³/mol. The van der Waals surface area contributed by atoms with Crippen LogP contribution in [-0.2, 0) is 15.2 Å². The van der Waals surface area contributed by atoms with Gasteiger partial charge in [0.25, 0.3) is 5.91 Å². The maximum absolute atomic E-state index is 12.5. The number of rotatable bonds is 9. The van der Waals surface area contributed by atoms with Crippen LogP contribution in [0.15, 0.2) is 65.8 Å². The minimum absolute atomic E-state index is 0.0403. The van der Waals surface area contributed by atoms with Crippen molar-refractivity contribution in [2.24, 2.45) is 0 Å². The highest BCUT2D eigenvalue weighted by Crippen LogP contribution is 2.28. The maximum atomic E-state index is 12.5. The molecule has 0 unspecified atom stereocenters. The van der Waals surface area contributed by atoms with Gasteiger partial charge in [-0.15, -0.1) is 0 Å². The molecule has 3 heterocycles. The molecule has 1 aromatic heterocycles. The van der Waals surface area contributed by atoms with Crippen molar-refractivity contribution in [3.8, 4) is 11.3 Å². The smallest absolute Gasteiger partial charge is 0.251 e. The minimum atomic E-state index is -0.0403. The van der Waals surface area contributed by atoms with E-state index in [-0.39, 0.29) is 5.91 Å². The summed E-state index contributed by atoms with van der Waals surface area (Å²) in [5, 5.41) is 3.77. The van der Waals surface area contributed by atoms with E-state index < -0.39 is 0 Å². The van der Waals surface area contributed by atoms with Gasteiger partial charge in [0.2, 0.25) is 0 Å². The molecule has 194 valence electrons. The number of nitrogens with zero attached hydrogens (tertiary/aromatic N) is 4. The molecule has 5 rings (SSSR count). The van der Waals surface area contributed by atoms with Crippen LogP contribution in [0.4, 0.5) is 5.82 Å². The molecule has 9 heteroatoms. The molecule has 1 amide bonds. The molecule has 0 atom stereocenters. The molecule has 2 saturated heterocycles. The van der Waals surface area contributed by atoms with E-state index in [4.69, 9.17) is 19.4 Å². The zero-order chi connectivity index (χ0) is 25.3. The summed E-state index contributed by atoms with van der Waals surface area (Å²) in [6, 6.07) is 20.1. The van der Waals surface area contributed by atoms with E-state index in [0.717, 1.165) is 79.5 Å². The monoisotopic (exact) mass is 519 g/mol. The number of hydrogen-bond donors (Lipinski definition) is 1. The summed E-state index contributed by atoms with van der Waals surface area (Å²) in [5.41, 5.74) is 3.79. The number of benzene rings is 2. The zero-order valence-electron chi connectivity index (χ0n) is 21.0. The van der Waals surface area contributed by atoms with Crippen molar-refractivity contribution in [1.82, 2.24) is 20.2 Å². The van der Waals surface area contributed by atoms with Gasteiger partial charge in [0.15, 0.2) is 5.16 Å². The Morgan fingerprint density at radius 2 is 1.59 bits per heavy atom. The number of carbonyl (C=O) groups excluding carboxylic acids is 1. The van der Waals surface area contributed by atoms with Crippen molar-refractivity contribution in [2.75, 3.05) is 70.6 Å². The topological polar surface area (TPSA) is 79.8 Å². The molecule has 0 aliphatic carbocycles. The number of aromatic nitrogens is 2. The van der Waals surface area contributed by atoms with Crippen molar-refractivity contribution < 1.29 is 14.3 Å². The highest BCUT2D eigenvalue weighted by atomic mass is 32.2. The summed E-state index contributed by atoms with van der Waals surface area (Å²) < 4.78 is 10.9. The molecule has 0 radical (unpaired) electrons. The van der Waals surface area contributed by atoms with Gasteiger partial charge in [-0.25, -0.2) is 9.97 Å². The predicted octanol–water partition coefficient (Wildman–Crippen LogP) is 3.33. The minimum Gasteiger partial charge on any atom is -0.379 e. The summed E-state index contributed by atoms with van der Waals surface area (Å²) in [7, 11) is 0. The molecule has 2 aliphatic rings. The van der Waals surface area contributed by atoms with E-state index >= 15 is 0 Å². The highest BCUT2D eigenvalue weighted by molar-refractivity contribution is 7.98. The van der Waals surface area contributed by atoms with E-state index in [1.54, 1.807) is 11.8 Å². The average Bonchev–Trinajstić information content (AvgIpc) is 2.97. The number of nitrogens with one attached hydrogen (secondary N) is 1. The Hall–Kier alpha value is -2.98. The van der Waals surface area contributed by atoms with Crippen LogP contribution in [0.2, 0.25) is 0 Å². The van der Waals surface area contributed by atoms with Gasteiger partial charge >= 0.3 is 0 Å². The largest absolute Gasteiger partial charge is 0.379 e. The van der Waals surface area contributed by atoms with Gasteiger partial charge in [-0.3, -0.25) is 9.69 Å². The molecule has 2 fully saturated rings. The average molecular weight is 520 g/mol. The molecule has 2 aromatic carbocycles. The molecule has 3 aromatic rings. The van der Waals surface area contributed by atoms with Crippen LogP contribution >= 0.6 is 11.8 Å². The molecular formula is C28H33N5O3S. The number of morpholine rings is 2. The Morgan fingerprint density at radius 1 is 0.892 bits per heavy atom. The second kappa shape index (κ2) is 13.0. The van der Waals surface area contributed by atoms with Crippen molar-refractivity contribution in [3.63, 3.8) is 0 Å². The van der Waals surface area contributed by atoms with E-state index in [1.165, 1.54) is 0 Å². The number of thioether (sulfide) groups is 1. The molecule has 37 heavy (non-hydrogen) atoms.